The van der Waals surface area contributed by atoms with Crippen molar-refractivity contribution in [2.75, 3.05) is 18.4 Å². The molecule has 0 aliphatic carbocycles. The molecule has 1 aromatic heterocycles. The predicted molar refractivity (Wildman–Crippen MR) is 74.4 cm³/mol. The Morgan fingerprint density at radius 1 is 1.47 bits per heavy atom. The molecular weight excluding hydrogens is 264 g/mol. The molecule has 1 atom stereocenters. The third-order valence-corrected chi connectivity index (χ3v) is 4.23. The van der Waals surface area contributed by atoms with Crippen molar-refractivity contribution in [1.82, 2.24) is 15.1 Å². The van der Waals surface area contributed by atoms with Crippen LogP contribution in [0.2, 0.25) is 0 Å². The van der Waals surface area contributed by atoms with E-state index in [4.69, 9.17) is 0 Å². The second-order valence-corrected chi connectivity index (χ2v) is 6.81. The summed E-state index contributed by atoms with van der Waals surface area (Å²) in [6, 6.07) is -0.213. The van der Waals surface area contributed by atoms with Crippen molar-refractivity contribution >= 4 is 22.5 Å². The lowest BCUT2D eigenvalue weighted by molar-refractivity contribution is 0.0883. The Hall–Kier alpha value is -1.21. The molecule has 0 spiro atoms. The largest absolute Gasteiger partial charge is 0.391 e. The monoisotopic (exact) mass is 284 g/mol. The summed E-state index contributed by atoms with van der Waals surface area (Å²) in [5.41, 5.74) is -0.0675. The van der Waals surface area contributed by atoms with Crippen molar-refractivity contribution in [3.05, 3.63) is 5.01 Å². The van der Waals surface area contributed by atoms with Gasteiger partial charge >= 0.3 is 6.03 Å². The van der Waals surface area contributed by atoms with Gasteiger partial charge in [-0.25, -0.2) is 4.79 Å². The number of likely N-dealkylation sites (tertiary alicyclic amines) is 1. The number of hydrogen-bond donors (Lipinski definition) is 2. The second-order valence-electron chi connectivity index (χ2n) is 5.83. The van der Waals surface area contributed by atoms with Crippen LogP contribution in [0.25, 0.3) is 0 Å². The van der Waals surface area contributed by atoms with Gasteiger partial charge in [0, 0.05) is 18.5 Å². The van der Waals surface area contributed by atoms with Crippen LogP contribution in [0.4, 0.5) is 9.93 Å². The Kier molecular flexibility index (Phi) is 4.05. The van der Waals surface area contributed by atoms with Crippen LogP contribution in [0.1, 0.15) is 38.6 Å². The maximum Gasteiger partial charge on any atom is 0.323 e. The number of nitrogens with zero attached hydrogens (tertiary/aromatic N) is 3. The minimum atomic E-state index is -0.418. The highest BCUT2D eigenvalue weighted by molar-refractivity contribution is 7.15. The summed E-state index contributed by atoms with van der Waals surface area (Å²) in [4.78, 5) is 13.6. The average Bonchev–Trinajstić information content (AvgIpc) is 2.77. The molecule has 1 saturated heterocycles. The molecule has 2 amide bonds. The van der Waals surface area contributed by atoms with Crippen LogP contribution in [0.5, 0.6) is 0 Å². The van der Waals surface area contributed by atoms with Gasteiger partial charge in [-0.15, -0.1) is 10.2 Å². The number of rotatable bonds is 1. The zero-order valence-corrected chi connectivity index (χ0v) is 12.3. The molecule has 2 rings (SSSR count). The summed E-state index contributed by atoms with van der Waals surface area (Å²) in [6.45, 7) is 7.23. The molecule has 1 fully saturated rings. The van der Waals surface area contributed by atoms with Crippen molar-refractivity contribution in [2.45, 2.75) is 45.1 Å². The molecule has 0 bridgehead atoms. The number of piperidine rings is 1. The van der Waals surface area contributed by atoms with Crippen LogP contribution >= 0.6 is 11.3 Å². The lowest BCUT2D eigenvalue weighted by atomic mass is 9.98. The van der Waals surface area contributed by atoms with Crippen LogP contribution in [0, 0.1) is 0 Å². The van der Waals surface area contributed by atoms with Gasteiger partial charge in [-0.3, -0.25) is 5.32 Å². The maximum atomic E-state index is 12.0. The quantitative estimate of drug-likeness (QED) is 0.824. The van der Waals surface area contributed by atoms with Crippen molar-refractivity contribution in [3.63, 3.8) is 0 Å². The van der Waals surface area contributed by atoms with E-state index in [9.17, 15) is 9.90 Å². The summed E-state index contributed by atoms with van der Waals surface area (Å²) in [6.07, 6.45) is 1.17. The SMILES string of the molecule is CC(C)(C)c1nnc(NC(=O)N2CCC[C@H](O)C2)s1. The number of hydrogen-bond acceptors (Lipinski definition) is 5. The molecule has 7 heteroatoms. The number of amides is 2. The Morgan fingerprint density at radius 3 is 2.79 bits per heavy atom. The van der Waals surface area contributed by atoms with Gasteiger partial charge in [0.15, 0.2) is 0 Å². The van der Waals surface area contributed by atoms with Crippen LogP contribution in [0.15, 0.2) is 0 Å². The van der Waals surface area contributed by atoms with Crippen LogP contribution in [-0.4, -0.2) is 45.4 Å². The summed E-state index contributed by atoms with van der Waals surface area (Å²) < 4.78 is 0. The third kappa shape index (κ3) is 3.63. The summed E-state index contributed by atoms with van der Waals surface area (Å²) >= 11 is 1.39. The van der Waals surface area contributed by atoms with E-state index in [0.717, 1.165) is 17.8 Å². The highest BCUT2D eigenvalue weighted by Crippen LogP contribution is 2.27. The number of aromatic nitrogens is 2. The molecule has 2 heterocycles. The fourth-order valence-electron chi connectivity index (χ4n) is 1.89. The minimum Gasteiger partial charge on any atom is -0.391 e. The zero-order chi connectivity index (χ0) is 14.0. The standard InChI is InChI=1S/C12H20N4O2S/c1-12(2,3)9-14-15-10(19-9)13-11(18)16-6-4-5-8(17)7-16/h8,17H,4-7H2,1-3H3,(H,13,15,18)/t8-/m0/s1. The van der Waals surface area contributed by atoms with Gasteiger partial charge in [0.2, 0.25) is 5.13 Å². The van der Waals surface area contributed by atoms with E-state index in [0.29, 0.717) is 18.2 Å². The first-order valence-electron chi connectivity index (χ1n) is 6.44. The van der Waals surface area contributed by atoms with Crippen LogP contribution in [-0.2, 0) is 5.41 Å². The first-order chi connectivity index (χ1) is 8.86. The average molecular weight is 284 g/mol. The number of anilines is 1. The highest BCUT2D eigenvalue weighted by Gasteiger charge is 2.24. The van der Waals surface area contributed by atoms with Gasteiger partial charge in [-0.05, 0) is 12.8 Å². The predicted octanol–water partition coefficient (Wildman–Crippen LogP) is 1.82. The van der Waals surface area contributed by atoms with Crippen LogP contribution < -0.4 is 5.32 Å². The van der Waals surface area contributed by atoms with Gasteiger partial charge < -0.3 is 10.0 Å². The summed E-state index contributed by atoms with van der Waals surface area (Å²) in [7, 11) is 0. The normalized spacial score (nSPS) is 20.4. The van der Waals surface area contributed by atoms with E-state index in [2.05, 4.69) is 36.3 Å². The van der Waals surface area contributed by atoms with Crippen molar-refractivity contribution in [1.29, 1.82) is 0 Å². The number of urea groups is 1. The van der Waals surface area contributed by atoms with Gasteiger partial charge in [-0.2, -0.15) is 0 Å². The summed E-state index contributed by atoms with van der Waals surface area (Å²) in [5.74, 6) is 0. The molecule has 0 unspecified atom stereocenters. The fourth-order valence-corrected chi connectivity index (χ4v) is 2.68. The Morgan fingerprint density at radius 2 is 2.21 bits per heavy atom. The zero-order valence-electron chi connectivity index (χ0n) is 11.5. The number of nitrogens with one attached hydrogen (secondary N) is 1. The van der Waals surface area contributed by atoms with E-state index in [1.165, 1.54) is 11.3 Å². The first kappa shape index (κ1) is 14.2. The van der Waals surface area contributed by atoms with Gasteiger partial charge in [0.25, 0.3) is 0 Å². The molecule has 0 radical (unpaired) electrons. The lowest BCUT2D eigenvalue weighted by Gasteiger charge is -2.29. The van der Waals surface area contributed by atoms with E-state index >= 15 is 0 Å². The first-order valence-corrected chi connectivity index (χ1v) is 7.26. The van der Waals surface area contributed by atoms with Gasteiger partial charge in [0.05, 0.1) is 6.10 Å². The Balaban J connectivity index is 1.97. The molecule has 0 aromatic carbocycles. The van der Waals surface area contributed by atoms with Crippen molar-refractivity contribution < 1.29 is 9.90 Å². The highest BCUT2D eigenvalue weighted by atomic mass is 32.1. The molecule has 106 valence electrons. The lowest BCUT2D eigenvalue weighted by Crippen LogP contribution is -2.44. The van der Waals surface area contributed by atoms with E-state index in [1.54, 1.807) is 4.90 Å². The van der Waals surface area contributed by atoms with Crippen molar-refractivity contribution in [3.8, 4) is 0 Å². The molecule has 0 saturated carbocycles. The Labute approximate surface area is 116 Å². The van der Waals surface area contributed by atoms with E-state index in [-0.39, 0.29) is 11.4 Å². The topological polar surface area (TPSA) is 78.4 Å². The number of carbonyl (C=O) groups excluding carboxylic acids is 1. The smallest absolute Gasteiger partial charge is 0.323 e. The third-order valence-electron chi connectivity index (χ3n) is 2.96. The maximum absolute atomic E-state index is 12.0. The summed E-state index contributed by atoms with van der Waals surface area (Å²) in [5, 5.41) is 21.8. The van der Waals surface area contributed by atoms with E-state index in [1.807, 2.05) is 0 Å². The number of carbonyl (C=O) groups is 1. The Bertz CT molecular complexity index is 455. The van der Waals surface area contributed by atoms with Crippen molar-refractivity contribution in [2.24, 2.45) is 0 Å². The number of aliphatic hydroxyl groups is 1. The number of β-amino-alcohol motifs (C(OH)–C–C–N with tert-alkyl or cyclic N) is 1. The van der Waals surface area contributed by atoms with E-state index < -0.39 is 6.10 Å². The fraction of sp³-hybridized carbons (Fsp3) is 0.750. The molecule has 19 heavy (non-hydrogen) atoms. The van der Waals surface area contributed by atoms with Gasteiger partial charge in [0.1, 0.15) is 5.01 Å². The molecule has 2 N–H and O–H groups in total. The van der Waals surface area contributed by atoms with Gasteiger partial charge in [-0.1, -0.05) is 32.1 Å². The molecule has 1 aromatic rings. The molecule has 6 nitrogen and oxygen atoms in total. The molecule has 1 aliphatic heterocycles. The second kappa shape index (κ2) is 5.42. The molecule has 1 aliphatic rings. The van der Waals surface area contributed by atoms with Crippen LogP contribution in [0.3, 0.4) is 0 Å². The minimum absolute atomic E-state index is 0.0675. The molecular formula is C12H20N4O2S. The number of aliphatic hydroxyl groups excluding tert-OH is 1.